The van der Waals surface area contributed by atoms with Gasteiger partial charge in [0.1, 0.15) is 17.7 Å². The highest BCUT2D eigenvalue weighted by atomic mass is 35.5. The van der Waals surface area contributed by atoms with Crippen molar-refractivity contribution in [3.05, 3.63) is 115 Å². The maximum atomic E-state index is 13.7. The van der Waals surface area contributed by atoms with Gasteiger partial charge in [-0.2, -0.15) is 9.78 Å². The first-order valence-electron chi connectivity index (χ1n) is 13.0. The largest absolute Gasteiger partial charge is 0.496 e. The van der Waals surface area contributed by atoms with E-state index in [1.54, 1.807) is 43.5 Å². The topological polar surface area (TPSA) is 122 Å². The number of halogens is 1. The Morgan fingerprint density at radius 3 is 2.52 bits per heavy atom. The molecule has 0 aliphatic rings. The molecule has 10 nitrogen and oxygen atoms in total. The SMILES string of the molecule is COc1cc(C)c(-c2nc3ccccc3c(=O)n2N=Cc2ccc(Oc3ccc([N+](=O)[O-])cn3)c(Cl)c2)cc1C(C)C. The molecule has 0 N–H and O–H groups in total. The van der Waals surface area contributed by atoms with Crippen LogP contribution in [0, 0.1) is 17.0 Å². The number of rotatable bonds is 8. The number of para-hydroxylation sites is 1. The highest BCUT2D eigenvalue weighted by molar-refractivity contribution is 6.32. The number of aromatic nitrogens is 3. The molecule has 0 fully saturated rings. The number of nitrogens with zero attached hydrogens (tertiary/aromatic N) is 5. The van der Waals surface area contributed by atoms with Crippen LogP contribution in [0.2, 0.25) is 5.02 Å². The van der Waals surface area contributed by atoms with Crippen molar-refractivity contribution in [1.82, 2.24) is 14.6 Å². The molecule has 0 unspecified atom stereocenters. The van der Waals surface area contributed by atoms with Gasteiger partial charge in [-0.25, -0.2) is 9.97 Å². The third-order valence-electron chi connectivity index (χ3n) is 6.62. The van der Waals surface area contributed by atoms with Crippen LogP contribution in [0.25, 0.3) is 22.3 Å². The third kappa shape index (κ3) is 5.70. The number of aryl methyl sites for hydroxylation is 1. The van der Waals surface area contributed by atoms with Crippen LogP contribution in [0.4, 0.5) is 5.69 Å². The molecule has 0 saturated carbocycles. The molecule has 0 saturated heterocycles. The molecular weight excluding hydrogens is 558 g/mol. The van der Waals surface area contributed by atoms with Gasteiger partial charge in [-0.15, -0.1) is 0 Å². The molecule has 5 rings (SSSR count). The lowest BCUT2D eigenvalue weighted by Crippen LogP contribution is -2.20. The summed E-state index contributed by atoms with van der Waals surface area (Å²) in [6.07, 6.45) is 2.62. The minimum Gasteiger partial charge on any atom is -0.496 e. The van der Waals surface area contributed by atoms with E-state index in [9.17, 15) is 14.9 Å². The molecule has 0 radical (unpaired) electrons. The molecule has 0 aliphatic heterocycles. The summed E-state index contributed by atoms with van der Waals surface area (Å²) in [4.78, 5) is 32.8. The first-order chi connectivity index (χ1) is 20.2. The van der Waals surface area contributed by atoms with Crippen molar-refractivity contribution < 1.29 is 14.4 Å². The third-order valence-corrected chi connectivity index (χ3v) is 6.91. The number of hydrogen-bond acceptors (Lipinski definition) is 8. The fourth-order valence-corrected chi connectivity index (χ4v) is 4.66. The van der Waals surface area contributed by atoms with Gasteiger partial charge in [0, 0.05) is 17.7 Å². The van der Waals surface area contributed by atoms with Crippen molar-refractivity contribution in [1.29, 1.82) is 0 Å². The van der Waals surface area contributed by atoms with E-state index in [4.69, 9.17) is 26.1 Å². The van der Waals surface area contributed by atoms with Gasteiger partial charge < -0.3 is 9.47 Å². The van der Waals surface area contributed by atoms with Crippen molar-refractivity contribution in [2.75, 3.05) is 7.11 Å². The summed E-state index contributed by atoms with van der Waals surface area (Å²) < 4.78 is 12.6. The van der Waals surface area contributed by atoms with Crippen LogP contribution in [-0.2, 0) is 0 Å². The minimum absolute atomic E-state index is 0.150. The molecule has 3 aromatic carbocycles. The zero-order valence-corrected chi connectivity index (χ0v) is 24.0. The Labute approximate surface area is 246 Å². The number of hydrogen-bond donors (Lipinski definition) is 0. The summed E-state index contributed by atoms with van der Waals surface area (Å²) in [5.74, 6) is 1.79. The van der Waals surface area contributed by atoms with Gasteiger partial charge in [0.05, 0.1) is 34.2 Å². The number of ether oxygens (including phenoxy) is 2. The van der Waals surface area contributed by atoms with Crippen LogP contribution < -0.4 is 15.0 Å². The molecule has 0 atom stereocenters. The number of fused-ring (bicyclic) bond motifs is 1. The lowest BCUT2D eigenvalue weighted by molar-refractivity contribution is -0.385. The fraction of sp³-hybridized carbons (Fsp3) is 0.161. The molecule has 212 valence electrons. The maximum absolute atomic E-state index is 13.7. The summed E-state index contributed by atoms with van der Waals surface area (Å²) in [5, 5.41) is 16.1. The first kappa shape index (κ1) is 28.4. The molecule has 11 heteroatoms. The fourth-order valence-electron chi connectivity index (χ4n) is 4.43. The van der Waals surface area contributed by atoms with E-state index in [0.717, 1.165) is 28.6 Å². The summed E-state index contributed by atoms with van der Waals surface area (Å²) >= 11 is 6.46. The van der Waals surface area contributed by atoms with Gasteiger partial charge in [-0.1, -0.05) is 37.6 Å². The molecule has 5 aromatic rings. The van der Waals surface area contributed by atoms with Gasteiger partial charge in [0.2, 0.25) is 5.88 Å². The van der Waals surface area contributed by atoms with Gasteiger partial charge in [0.15, 0.2) is 5.82 Å². The van der Waals surface area contributed by atoms with Crippen LogP contribution in [0.5, 0.6) is 17.4 Å². The standard InChI is InChI=1S/C31H26ClN5O5/c1-18(2)23-15-24(19(3)13-28(23)41-4)30-35-26-8-6-5-7-22(26)31(38)36(30)34-16-20-9-11-27(25(32)14-20)42-29-12-10-21(17-33-29)37(39)40/h5-18H,1-4H3. The van der Waals surface area contributed by atoms with Crippen molar-refractivity contribution in [2.45, 2.75) is 26.7 Å². The summed E-state index contributed by atoms with van der Waals surface area (Å²) in [5.41, 5.74) is 3.33. The Balaban J connectivity index is 1.55. The average molecular weight is 584 g/mol. The van der Waals surface area contributed by atoms with E-state index in [-0.39, 0.29) is 28.1 Å². The second-order valence-electron chi connectivity index (χ2n) is 9.78. The first-order valence-corrected chi connectivity index (χ1v) is 13.4. The smallest absolute Gasteiger partial charge is 0.287 e. The van der Waals surface area contributed by atoms with E-state index in [1.807, 2.05) is 25.1 Å². The Morgan fingerprint density at radius 1 is 1.07 bits per heavy atom. The number of methoxy groups -OCH3 is 1. The molecule has 0 aliphatic carbocycles. The highest BCUT2D eigenvalue weighted by Crippen LogP contribution is 2.34. The minimum atomic E-state index is -0.543. The Bertz CT molecular complexity index is 1900. The zero-order chi connectivity index (χ0) is 30.0. The lowest BCUT2D eigenvalue weighted by atomic mass is 9.96. The average Bonchev–Trinajstić information content (AvgIpc) is 2.98. The van der Waals surface area contributed by atoms with Crippen molar-refractivity contribution >= 4 is 34.4 Å². The second kappa shape index (κ2) is 11.8. The van der Waals surface area contributed by atoms with Gasteiger partial charge >= 0.3 is 0 Å². The Morgan fingerprint density at radius 2 is 1.86 bits per heavy atom. The molecule has 0 spiro atoms. The van der Waals surface area contributed by atoms with Crippen LogP contribution in [0.1, 0.15) is 36.5 Å². The summed E-state index contributed by atoms with van der Waals surface area (Å²) in [6.45, 7) is 6.09. The van der Waals surface area contributed by atoms with E-state index in [1.165, 1.54) is 23.0 Å². The predicted octanol–water partition coefficient (Wildman–Crippen LogP) is 7.14. The van der Waals surface area contributed by atoms with Crippen molar-refractivity contribution in [3.63, 3.8) is 0 Å². The molecular formula is C31H26ClN5O5. The Kier molecular flexibility index (Phi) is 7.99. The van der Waals surface area contributed by atoms with Crippen LogP contribution in [-0.4, -0.2) is 32.9 Å². The van der Waals surface area contributed by atoms with Gasteiger partial charge in [0.25, 0.3) is 11.2 Å². The normalized spacial score (nSPS) is 11.4. The monoisotopic (exact) mass is 583 g/mol. The molecule has 2 aromatic heterocycles. The molecule has 2 heterocycles. The van der Waals surface area contributed by atoms with Crippen molar-refractivity contribution in [2.24, 2.45) is 5.10 Å². The number of pyridine rings is 1. The lowest BCUT2D eigenvalue weighted by Gasteiger charge is -2.17. The van der Waals surface area contributed by atoms with Crippen LogP contribution >= 0.6 is 11.6 Å². The van der Waals surface area contributed by atoms with Gasteiger partial charge in [-0.3, -0.25) is 14.9 Å². The summed E-state index contributed by atoms with van der Waals surface area (Å²) in [6, 6.07) is 18.7. The predicted molar refractivity (Wildman–Crippen MR) is 162 cm³/mol. The molecule has 0 amide bonds. The van der Waals surface area contributed by atoms with Crippen LogP contribution in [0.15, 0.2) is 82.8 Å². The molecule has 0 bridgehead atoms. The van der Waals surface area contributed by atoms with Crippen LogP contribution in [0.3, 0.4) is 0 Å². The number of nitro groups is 1. The highest BCUT2D eigenvalue weighted by Gasteiger charge is 2.18. The van der Waals surface area contributed by atoms with Gasteiger partial charge in [-0.05, 0) is 72.0 Å². The zero-order valence-electron chi connectivity index (χ0n) is 23.2. The second-order valence-corrected chi connectivity index (χ2v) is 10.2. The summed E-state index contributed by atoms with van der Waals surface area (Å²) in [7, 11) is 1.64. The van der Waals surface area contributed by atoms with E-state index in [2.05, 4.69) is 23.9 Å². The quantitative estimate of drug-likeness (QED) is 0.108. The van der Waals surface area contributed by atoms with E-state index in [0.29, 0.717) is 28.0 Å². The molecule has 42 heavy (non-hydrogen) atoms. The van der Waals surface area contributed by atoms with E-state index >= 15 is 0 Å². The Hall–Kier alpha value is -5.09. The van der Waals surface area contributed by atoms with E-state index < -0.39 is 4.92 Å². The number of benzene rings is 3. The maximum Gasteiger partial charge on any atom is 0.287 e. The van der Waals surface area contributed by atoms with Crippen molar-refractivity contribution in [3.8, 4) is 28.8 Å².